The van der Waals surface area contributed by atoms with Gasteiger partial charge in [-0.15, -0.1) is 11.3 Å². The first kappa shape index (κ1) is 9.67. The molecule has 0 saturated carbocycles. The molecule has 0 aliphatic rings. The molecule has 1 aromatic rings. The molecule has 0 bridgehead atoms. The smallest absolute Gasteiger partial charge is 0.257 e. The van der Waals surface area contributed by atoms with E-state index in [-0.39, 0.29) is 5.91 Å². The Hall–Kier alpha value is -1.42. The van der Waals surface area contributed by atoms with Gasteiger partial charge in [0.25, 0.3) is 5.91 Å². The minimum absolute atomic E-state index is 0.174. The summed E-state index contributed by atoms with van der Waals surface area (Å²) < 4.78 is 0. The number of nitrogens with one attached hydrogen (secondary N) is 1. The topological polar surface area (TPSA) is 42.0 Å². The molecule has 1 heterocycles. The first-order chi connectivity index (χ1) is 6.27. The number of aromatic nitrogens is 1. The van der Waals surface area contributed by atoms with Crippen LogP contribution in [0.3, 0.4) is 0 Å². The predicted molar refractivity (Wildman–Crippen MR) is 54.7 cm³/mol. The maximum absolute atomic E-state index is 11.4. The molecule has 0 saturated heterocycles. The second-order valence-corrected chi connectivity index (χ2v) is 3.13. The van der Waals surface area contributed by atoms with Gasteiger partial charge in [0, 0.05) is 17.2 Å². The fraction of sp³-hybridized carbons (Fsp3) is 0.111. The first-order valence-corrected chi connectivity index (χ1v) is 4.65. The number of hydrogen-bond donors (Lipinski definition) is 1. The number of hydrogen-bond acceptors (Lipinski definition) is 3. The summed E-state index contributed by atoms with van der Waals surface area (Å²) in [4.78, 5) is 15.3. The fourth-order valence-electron chi connectivity index (χ4n) is 0.796. The maximum Gasteiger partial charge on any atom is 0.257 e. The van der Waals surface area contributed by atoms with Crippen LogP contribution in [-0.2, 0) is 4.79 Å². The Labute approximate surface area is 80.8 Å². The quantitative estimate of drug-likeness (QED) is 0.592. The molecule has 1 amide bonds. The van der Waals surface area contributed by atoms with Gasteiger partial charge in [0.2, 0.25) is 0 Å². The zero-order valence-corrected chi connectivity index (χ0v) is 8.10. The molecule has 0 aliphatic carbocycles. The van der Waals surface area contributed by atoms with E-state index >= 15 is 0 Å². The van der Waals surface area contributed by atoms with Gasteiger partial charge >= 0.3 is 0 Å². The highest BCUT2D eigenvalue weighted by molar-refractivity contribution is 7.13. The molecule has 0 spiro atoms. The third-order valence-corrected chi connectivity index (χ3v) is 2.13. The van der Waals surface area contributed by atoms with Gasteiger partial charge in [-0.2, -0.15) is 0 Å². The van der Waals surface area contributed by atoms with E-state index in [4.69, 9.17) is 0 Å². The normalized spacial score (nSPS) is 11.0. The summed E-state index contributed by atoms with van der Waals surface area (Å²) >= 11 is 1.39. The van der Waals surface area contributed by atoms with Gasteiger partial charge in [-0.25, -0.2) is 4.98 Å². The van der Waals surface area contributed by atoms with Crippen LogP contribution < -0.4 is 5.32 Å². The van der Waals surface area contributed by atoms with Crippen LogP contribution in [-0.4, -0.2) is 10.9 Å². The van der Waals surface area contributed by atoms with Crippen LogP contribution in [0.5, 0.6) is 0 Å². The van der Waals surface area contributed by atoms with Crippen LogP contribution in [0.4, 0.5) is 5.13 Å². The zero-order valence-electron chi connectivity index (χ0n) is 7.28. The van der Waals surface area contributed by atoms with Crippen LogP contribution in [0.1, 0.15) is 6.92 Å². The van der Waals surface area contributed by atoms with E-state index in [0.29, 0.717) is 10.7 Å². The van der Waals surface area contributed by atoms with Crippen LogP contribution in [0.2, 0.25) is 0 Å². The van der Waals surface area contributed by atoms with E-state index in [1.54, 1.807) is 24.6 Å². The molecular weight excluding hydrogens is 184 g/mol. The first-order valence-electron chi connectivity index (χ1n) is 3.77. The molecule has 0 aromatic carbocycles. The Bertz CT molecular complexity index is 327. The van der Waals surface area contributed by atoms with Gasteiger partial charge in [0.05, 0.1) is 0 Å². The Kier molecular flexibility index (Phi) is 3.40. The fourth-order valence-corrected chi connectivity index (χ4v) is 1.32. The van der Waals surface area contributed by atoms with Gasteiger partial charge in [-0.1, -0.05) is 18.7 Å². The molecule has 3 nitrogen and oxygen atoms in total. The molecule has 4 heteroatoms. The highest BCUT2D eigenvalue weighted by Crippen LogP contribution is 2.11. The summed E-state index contributed by atoms with van der Waals surface area (Å²) in [6, 6.07) is 0. The van der Waals surface area contributed by atoms with Gasteiger partial charge in [-0.05, 0) is 6.92 Å². The monoisotopic (exact) mass is 194 g/mol. The molecule has 0 unspecified atom stereocenters. The van der Waals surface area contributed by atoms with E-state index in [1.165, 1.54) is 17.4 Å². The molecule has 68 valence electrons. The minimum atomic E-state index is -0.174. The number of carbonyl (C=O) groups is 1. The molecule has 1 N–H and O–H groups in total. The van der Waals surface area contributed by atoms with Gasteiger partial charge in [0.1, 0.15) is 0 Å². The summed E-state index contributed by atoms with van der Waals surface area (Å²) in [7, 11) is 0. The lowest BCUT2D eigenvalue weighted by molar-refractivity contribution is -0.112. The second kappa shape index (κ2) is 4.57. The molecular formula is C9H10N2OS. The van der Waals surface area contributed by atoms with Crippen molar-refractivity contribution in [3.63, 3.8) is 0 Å². The number of anilines is 1. The second-order valence-electron chi connectivity index (χ2n) is 2.24. The number of nitrogens with zero attached hydrogens (tertiary/aromatic N) is 1. The van der Waals surface area contributed by atoms with Gasteiger partial charge in [-0.3, -0.25) is 10.1 Å². The van der Waals surface area contributed by atoms with Crippen molar-refractivity contribution >= 4 is 22.4 Å². The van der Waals surface area contributed by atoms with Crippen molar-refractivity contribution in [2.24, 2.45) is 0 Å². The van der Waals surface area contributed by atoms with Crippen molar-refractivity contribution in [3.8, 4) is 0 Å². The van der Waals surface area contributed by atoms with Crippen molar-refractivity contribution in [3.05, 3.63) is 35.9 Å². The Morgan fingerprint density at radius 3 is 3.00 bits per heavy atom. The molecule has 1 rings (SSSR count). The lowest BCUT2D eigenvalue weighted by atomic mass is 10.2. The van der Waals surface area contributed by atoms with Crippen molar-refractivity contribution in [1.29, 1.82) is 0 Å². The standard InChI is InChI=1S/C9H10N2OS/c1-3-7(4-2)8(12)11-9-10-5-6-13-9/h3-6H,1H2,2H3,(H,10,11,12)/b7-4+. The van der Waals surface area contributed by atoms with E-state index in [9.17, 15) is 4.79 Å². The number of amides is 1. The van der Waals surface area contributed by atoms with Crippen molar-refractivity contribution in [1.82, 2.24) is 4.98 Å². The largest absolute Gasteiger partial charge is 0.298 e. The number of allylic oxidation sites excluding steroid dienone is 1. The zero-order chi connectivity index (χ0) is 9.68. The number of thiazole rings is 1. The molecule has 0 atom stereocenters. The highest BCUT2D eigenvalue weighted by atomic mass is 32.1. The summed E-state index contributed by atoms with van der Waals surface area (Å²) in [5, 5.41) is 5.06. The number of rotatable bonds is 3. The molecule has 0 fully saturated rings. The average Bonchev–Trinajstić information content (AvgIpc) is 2.59. The number of carbonyl (C=O) groups excluding carboxylic acids is 1. The van der Waals surface area contributed by atoms with Crippen molar-refractivity contribution in [2.75, 3.05) is 5.32 Å². The van der Waals surface area contributed by atoms with Crippen molar-refractivity contribution in [2.45, 2.75) is 6.92 Å². The Morgan fingerprint density at radius 1 is 1.77 bits per heavy atom. The minimum Gasteiger partial charge on any atom is -0.298 e. The average molecular weight is 194 g/mol. The van der Waals surface area contributed by atoms with E-state index in [2.05, 4.69) is 16.9 Å². The van der Waals surface area contributed by atoms with Gasteiger partial charge in [0.15, 0.2) is 5.13 Å². The molecule has 13 heavy (non-hydrogen) atoms. The van der Waals surface area contributed by atoms with Gasteiger partial charge < -0.3 is 0 Å². The van der Waals surface area contributed by atoms with Crippen LogP contribution in [0.25, 0.3) is 0 Å². The predicted octanol–water partition coefficient (Wildman–Crippen LogP) is 2.21. The van der Waals surface area contributed by atoms with E-state index in [0.717, 1.165) is 0 Å². The lowest BCUT2D eigenvalue weighted by Crippen LogP contribution is -2.12. The van der Waals surface area contributed by atoms with Crippen LogP contribution in [0.15, 0.2) is 35.9 Å². The van der Waals surface area contributed by atoms with E-state index in [1.807, 2.05) is 0 Å². The molecule has 0 aliphatic heterocycles. The van der Waals surface area contributed by atoms with Crippen LogP contribution in [0, 0.1) is 0 Å². The summed E-state index contributed by atoms with van der Waals surface area (Å²) in [6.07, 6.45) is 4.86. The third-order valence-electron chi connectivity index (χ3n) is 1.45. The van der Waals surface area contributed by atoms with Crippen molar-refractivity contribution < 1.29 is 4.79 Å². The summed E-state index contributed by atoms with van der Waals surface area (Å²) in [6.45, 7) is 5.33. The highest BCUT2D eigenvalue weighted by Gasteiger charge is 2.05. The SMILES string of the molecule is C=C/C(=C\C)C(=O)Nc1nccs1. The van der Waals surface area contributed by atoms with Crippen LogP contribution >= 0.6 is 11.3 Å². The Morgan fingerprint density at radius 2 is 2.54 bits per heavy atom. The molecule has 0 radical (unpaired) electrons. The van der Waals surface area contributed by atoms with E-state index < -0.39 is 0 Å². The lowest BCUT2D eigenvalue weighted by Gasteiger charge is -2.00. The maximum atomic E-state index is 11.4. The summed E-state index contributed by atoms with van der Waals surface area (Å²) in [5.74, 6) is -0.174. The Balaban J connectivity index is 2.66. The third kappa shape index (κ3) is 2.52. The summed E-state index contributed by atoms with van der Waals surface area (Å²) in [5.41, 5.74) is 0.551. The molecule has 1 aromatic heterocycles.